The molecule has 0 fully saturated rings. The Kier molecular flexibility index (Phi) is 2.87. The van der Waals surface area contributed by atoms with Crippen LogP contribution in [0.1, 0.15) is 11.4 Å². The first kappa shape index (κ1) is 10.6. The van der Waals surface area contributed by atoms with Gasteiger partial charge in [-0.3, -0.25) is 0 Å². The molecule has 1 aromatic carbocycles. The van der Waals surface area contributed by atoms with Crippen molar-refractivity contribution in [1.29, 1.82) is 0 Å². The molecule has 0 spiro atoms. The standard InChI is InChI=1S/C11H12N2O3/c1-7-3-4-8(5-9(7)15-2)11-12-10(6-14)13-16-11/h3-5,14H,6H2,1-2H3. The molecule has 0 aliphatic carbocycles. The molecular weight excluding hydrogens is 208 g/mol. The molecule has 0 radical (unpaired) electrons. The van der Waals surface area contributed by atoms with E-state index in [4.69, 9.17) is 14.4 Å². The first-order valence-corrected chi connectivity index (χ1v) is 4.83. The minimum absolute atomic E-state index is 0.230. The van der Waals surface area contributed by atoms with Gasteiger partial charge in [-0.15, -0.1) is 0 Å². The molecule has 0 aliphatic rings. The fraction of sp³-hybridized carbons (Fsp3) is 0.273. The second kappa shape index (κ2) is 4.32. The van der Waals surface area contributed by atoms with E-state index in [-0.39, 0.29) is 12.4 Å². The summed E-state index contributed by atoms with van der Waals surface area (Å²) < 4.78 is 10.2. The third-order valence-corrected chi connectivity index (χ3v) is 2.26. The summed E-state index contributed by atoms with van der Waals surface area (Å²) in [6, 6.07) is 5.60. The van der Waals surface area contributed by atoms with Gasteiger partial charge in [0.05, 0.1) is 7.11 Å². The van der Waals surface area contributed by atoms with Gasteiger partial charge in [0.1, 0.15) is 12.4 Å². The van der Waals surface area contributed by atoms with Crippen LogP contribution < -0.4 is 4.74 Å². The Morgan fingerprint density at radius 3 is 2.88 bits per heavy atom. The van der Waals surface area contributed by atoms with Crippen LogP contribution in [0.3, 0.4) is 0 Å². The number of benzene rings is 1. The zero-order valence-electron chi connectivity index (χ0n) is 9.10. The predicted octanol–water partition coefficient (Wildman–Crippen LogP) is 1.55. The van der Waals surface area contributed by atoms with E-state index in [0.29, 0.717) is 5.89 Å². The summed E-state index contributed by atoms with van der Waals surface area (Å²) in [5, 5.41) is 12.4. The first-order chi connectivity index (χ1) is 7.74. The van der Waals surface area contributed by atoms with E-state index in [9.17, 15) is 0 Å². The van der Waals surface area contributed by atoms with Crippen molar-refractivity contribution in [2.45, 2.75) is 13.5 Å². The first-order valence-electron chi connectivity index (χ1n) is 4.83. The Labute approximate surface area is 92.7 Å². The van der Waals surface area contributed by atoms with E-state index in [1.54, 1.807) is 7.11 Å². The predicted molar refractivity (Wildman–Crippen MR) is 56.9 cm³/mol. The molecule has 5 heteroatoms. The van der Waals surface area contributed by atoms with Crippen LogP contribution in [-0.4, -0.2) is 22.4 Å². The molecule has 1 heterocycles. The highest BCUT2D eigenvalue weighted by Gasteiger charge is 2.09. The topological polar surface area (TPSA) is 68.4 Å². The van der Waals surface area contributed by atoms with E-state index in [1.165, 1.54) is 0 Å². The second-order valence-electron chi connectivity index (χ2n) is 3.36. The van der Waals surface area contributed by atoms with E-state index in [1.807, 2.05) is 25.1 Å². The molecular formula is C11H12N2O3. The number of aryl methyl sites for hydroxylation is 1. The molecule has 0 atom stereocenters. The number of methoxy groups -OCH3 is 1. The third kappa shape index (κ3) is 1.90. The molecule has 0 unspecified atom stereocenters. The van der Waals surface area contributed by atoms with Crippen molar-refractivity contribution >= 4 is 0 Å². The number of rotatable bonds is 3. The maximum atomic E-state index is 8.83. The van der Waals surface area contributed by atoms with Gasteiger partial charge in [-0.1, -0.05) is 11.2 Å². The van der Waals surface area contributed by atoms with Crippen molar-refractivity contribution in [2.75, 3.05) is 7.11 Å². The molecule has 0 amide bonds. The van der Waals surface area contributed by atoms with Gasteiger partial charge in [-0.2, -0.15) is 4.98 Å². The van der Waals surface area contributed by atoms with Gasteiger partial charge in [0.15, 0.2) is 5.82 Å². The van der Waals surface area contributed by atoms with Crippen LogP contribution in [0.4, 0.5) is 0 Å². The Morgan fingerprint density at radius 2 is 2.25 bits per heavy atom. The molecule has 1 aromatic heterocycles. The van der Waals surface area contributed by atoms with Crippen LogP contribution in [0.15, 0.2) is 22.7 Å². The second-order valence-corrected chi connectivity index (χ2v) is 3.36. The average Bonchev–Trinajstić information content (AvgIpc) is 2.78. The number of ether oxygens (including phenoxy) is 1. The van der Waals surface area contributed by atoms with Crippen LogP contribution in [0, 0.1) is 6.92 Å². The normalized spacial score (nSPS) is 10.4. The van der Waals surface area contributed by atoms with Crippen molar-refractivity contribution in [3.8, 4) is 17.2 Å². The summed E-state index contributed by atoms with van der Waals surface area (Å²) in [6.45, 7) is 1.72. The Bertz CT molecular complexity index is 494. The highest BCUT2D eigenvalue weighted by Crippen LogP contribution is 2.25. The highest BCUT2D eigenvalue weighted by atomic mass is 16.5. The number of hydrogen-bond donors (Lipinski definition) is 1. The molecule has 84 valence electrons. The van der Waals surface area contributed by atoms with Crippen molar-refractivity contribution in [3.63, 3.8) is 0 Å². The number of aliphatic hydroxyl groups excluding tert-OH is 1. The Hall–Kier alpha value is -1.88. The molecule has 0 saturated carbocycles. The molecule has 0 aliphatic heterocycles. The summed E-state index contributed by atoms with van der Waals surface area (Å²) in [4.78, 5) is 4.02. The van der Waals surface area contributed by atoms with Gasteiger partial charge in [0, 0.05) is 5.56 Å². The third-order valence-electron chi connectivity index (χ3n) is 2.26. The van der Waals surface area contributed by atoms with E-state index in [2.05, 4.69) is 10.1 Å². The Morgan fingerprint density at radius 1 is 1.44 bits per heavy atom. The van der Waals surface area contributed by atoms with E-state index < -0.39 is 0 Å². The molecule has 5 nitrogen and oxygen atoms in total. The molecule has 0 bridgehead atoms. The smallest absolute Gasteiger partial charge is 0.258 e. The minimum atomic E-state index is -0.230. The van der Waals surface area contributed by atoms with Crippen molar-refractivity contribution < 1.29 is 14.4 Å². The number of nitrogens with zero attached hydrogens (tertiary/aromatic N) is 2. The van der Waals surface area contributed by atoms with Crippen LogP contribution in [0.5, 0.6) is 5.75 Å². The van der Waals surface area contributed by atoms with E-state index >= 15 is 0 Å². The summed E-state index contributed by atoms with van der Waals surface area (Å²) in [5.41, 5.74) is 1.81. The molecule has 2 aromatic rings. The van der Waals surface area contributed by atoms with E-state index in [0.717, 1.165) is 16.9 Å². The lowest BCUT2D eigenvalue weighted by atomic mass is 10.1. The summed E-state index contributed by atoms with van der Waals surface area (Å²) in [5.74, 6) is 1.41. The monoisotopic (exact) mass is 220 g/mol. The molecule has 1 N–H and O–H groups in total. The van der Waals surface area contributed by atoms with Crippen LogP contribution >= 0.6 is 0 Å². The summed E-state index contributed by atoms with van der Waals surface area (Å²) in [7, 11) is 1.61. The fourth-order valence-electron chi connectivity index (χ4n) is 1.39. The van der Waals surface area contributed by atoms with Gasteiger partial charge in [-0.25, -0.2) is 0 Å². The number of aliphatic hydroxyl groups is 1. The maximum Gasteiger partial charge on any atom is 0.258 e. The lowest BCUT2D eigenvalue weighted by Gasteiger charge is -2.04. The lowest BCUT2D eigenvalue weighted by molar-refractivity contribution is 0.264. The summed E-state index contributed by atoms with van der Waals surface area (Å²) in [6.07, 6.45) is 0. The minimum Gasteiger partial charge on any atom is -0.496 e. The zero-order valence-corrected chi connectivity index (χ0v) is 9.10. The largest absolute Gasteiger partial charge is 0.496 e. The molecule has 16 heavy (non-hydrogen) atoms. The van der Waals surface area contributed by atoms with Crippen molar-refractivity contribution in [3.05, 3.63) is 29.6 Å². The average molecular weight is 220 g/mol. The SMILES string of the molecule is COc1cc(-c2nc(CO)no2)ccc1C. The maximum absolute atomic E-state index is 8.83. The Balaban J connectivity index is 2.40. The highest BCUT2D eigenvalue weighted by molar-refractivity contribution is 5.57. The van der Waals surface area contributed by atoms with Crippen LogP contribution in [0.2, 0.25) is 0 Å². The van der Waals surface area contributed by atoms with Gasteiger partial charge in [0.25, 0.3) is 5.89 Å². The molecule has 2 rings (SSSR count). The van der Waals surface area contributed by atoms with Crippen molar-refractivity contribution in [1.82, 2.24) is 10.1 Å². The fourth-order valence-corrected chi connectivity index (χ4v) is 1.39. The number of aromatic nitrogens is 2. The van der Waals surface area contributed by atoms with Crippen LogP contribution in [0.25, 0.3) is 11.5 Å². The summed E-state index contributed by atoms with van der Waals surface area (Å²) >= 11 is 0. The quantitative estimate of drug-likeness (QED) is 0.849. The number of hydrogen-bond acceptors (Lipinski definition) is 5. The lowest BCUT2D eigenvalue weighted by Crippen LogP contribution is -1.88. The van der Waals surface area contributed by atoms with Gasteiger partial charge in [-0.05, 0) is 24.6 Å². The zero-order chi connectivity index (χ0) is 11.5. The van der Waals surface area contributed by atoms with Crippen molar-refractivity contribution in [2.24, 2.45) is 0 Å². The molecule has 0 saturated heterocycles. The van der Waals surface area contributed by atoms with Crippen LogP contribution in [-0.2, 0) is 6.61 Å². The van der Waals surface area contributed by atoms with Gasteiger partial charge in [0.2, 0.25) is 0 Å². The van der Waals surface area contributed by atoms with Gasteiger partial charge >= 0.3 is 0 Å². The van der Waals surface area contributed by atoms with Gasteiger partial charge < -0.3 is 14.4 Å².